The Labute approximate surface area is 106 Å². The molecule has 1 aromatic rings. The van der Waals surface area contributed by atoms with Gasteiger partial charge in [-0.25, -0.2) is 13.8 Å². The van der Waals surface area contributed by atoms with Gasteiger partial charge in [0.25, 0.3) is 5.69 Å². The van der Waals surface area contributed by atoms with Crippen LogP contribution in [0.4, 0.5) is 18.9 Å². The van der Waals surface area contributed by atoms with Crippen LogP contribution < -0.4 is 0 Å². The Hall–Kier alpha value is -1.37. The summed E-state index contributed by atoms with van der Waals surface area (Å²) in [5.74, 6) is 0. The van der Waals surface area contributed by atoms with Crippen molar-refractivity contribution in [1.29, 1.82) is 0 Å². The van der Waals surface area contributed by atoms with Crippen molar-refractivity contribution in [2.24, 2.45) is 0 Å². The van der Waals surface area contributed by atoms with Crippen molar-refractivity contribution in [3.63, 3.8) is 0 Å². The predicted octanol–water partition coefficient (Wildman–Crippen LogP) is 3.22. The number of hydrogen-bond donors (Lipinski definition) is 0. The second-order valence-electron chi connectivity index (χ2n) is 3.61. The fourth-order valence-electron chi connectivity index (χ4n) is 1.35. The van der Waals surface area contributed by atoms with Gasteiger partial charge in [0, 0.05) is 18.9 Å². The third kappa shape index (κ3) is 3.83. The lowest BCUT2D eigenvalue weighted by atomic mass is 10.1. The molecule has 0 spiro atoms. The minimum atomic E-state index is -1.97. The first-order valence-corrected chi connectivity index (χ1v) is 5.46. The van der Waals surface area contributed by atoms with Gasteiger partial charge < -0.3 is 0 Å². The van der Waals surface area contributed by atoms with Crippen molar-refractivity contribution in [1.82, 2.24) is 4.98 Å². The molecular weight excluding hydrogens is 273 g/mol. The van der Waals surface area contributed by atoms with E-state index in [9.17, 15) is 23.3 Å². The monoisotopic (exact) mass is 282 g/mol. The Kier molecular flexibility index (Phi) is 5.33. The third-order valence-corrected chi connectivity index (χ3v) is 2.64. The van der Waals surface area contributed by atoms with Crippen molar-refractivity contribution < 1.29 is 18.1 Å². The van der Waals surface area contributed by atoms with Crippen molar-refractivity contribution in [3.05, 3.63) is 33.1 Å². The first kappa shape index (κ1) is 14.7. The molecule has 100 valence electrons. The van der Waals surface area contributed by atoms with Crippen LogP contribution in [0.1, 0.15) is 12.0 Å². The van der Waals surface area contributed by atoms with Gasteiger partial charge in [0.1, 0.15) is 23.7 Å². The first-order chi connectivity index (χ1) is 8.45. The Bertz CT molecular complexity index is 434. The van der Waals surface area contributed by atoms with Gasteiger partial charge in [-0.3, -0.25) is 14.5 Å². The predicted molar refractivity (Wildman–Crippen MR) is 60.0 cm³/mol. The summed E-state index contributed by atoms with van der Waals surface area (Å²) >= 11 is 5.63. The zero-order chi connectivity index (χ0) is 13.7. The summed E-state index contributed by atoms with van der Waals surface area (Å²) in [5, 5.41) is 10.4. The Morgan fingerprint density at radius 1 is 1.44 bits per heavy atom. The molecule has 1 heterocycles. The van der Waals surface area contributed by atoms with E-state index in [0.29, 0.717) is 0 Å². The molecule has 0 saturated heterocycles. The van der Waals surface area contributed by atoms with E-state index in [0.717, 1.165) is 12.3 Å². The molecule has 1 rings (SSSR count). The second kappa shape index (κ2) is 6.53. The van der Waals surface area contributed by atoms with Crippen molar-refractivity contribution in [3.8, 4) is 0 Å². The van der Waals surface area contributed by atoms with Crippen molar-refractivity contribution >= 4 is 17.3 Å². The molecule has 0 aliphatic carbocycles. The second-order valence-corrected chi connectivity index (χ2v) is 3.97. The average molecular weight is 283 g/mol. The van der Waals surface area contributed by atoms with Crippen molar-refractivity contribution in [2.45, 2.75) is 25.2 Å². The molecule has 0 bridgehead atoms. The van der Waals surface area contributed by atoms with Gasteiger partial charge in [-0.05, 0) is 5.56 Å². The minimum Gasteiger partial charge on any atom is -0.258 e. The van der Waals surface area contributed by atoms with E-state index < -0.39 is 36.8 Å². The third-order valence-electron chi connectivity index (χ3n) is 2.30. The number of halogens is 4. The maximum absolute atomic E-state index is 13.4. The first-order valence-electron chi connectivity index (χ1n) is 5.08. The summed E-state index contributed by atoms with van der Waals surface area (Å²) in [7, 11) is 0. The number of alkyl halides is 3. The number of aromatic nitrogens is 1. The fourth-order valence-corrected chi connectivity index (χ4v) is 1.53. The van der Waals surface area contributed by atoms with E-state index in [1.54, 1.807) is 0 Å². The lowest BCUT2D eigenvalue weighted by Gasteiger charge is -2.12. The summed E-state index contributed by atoms with van der Waals surface area (Å²) in [4.78, 5) is 13.3. The maximum Gasteiger partial charge on any atom is 0.287 e. The highest BCUT2D eigenvalue weighted by Gasteiger charge is 2.23. The molecule has 0 amide bonds. The number of pyridine rings is 1. The van der Waals surface area contributed by atoms with Crippen LogP contribution in [0.15, 0.2) is 12.3 Å². The SMILES string of the molecule is O=[N+]([O-])c1cnc(Cl)c(CC(F)C(F)CCF)c1. The highest BCUT2D eigenvalue weighted by atomic mass is 35.5. The summed E-state index contributed by atoms with van der Waals surface area (Å²) in [6.45, 7) is -0.970. The number of nitro groups is 1. The Morgan fingerprint density at radius 2 is 2.11 bits per heavy atom. The molecule has 4 nitrogen and oxygen atoms in total. The van der Waals surface area contributed by atoms with E-state index in [4.69, 9.17) is 11.6 Å². The number of hydrogen-bond acceptors (Lipinski definition) is 3. The molecule has 2 atom stereocenters. The molecule has 18 heavy (non-hydrogen) atoms. The summed E-state index contributed by atoms with van der Waals surface area (Å²) in [6.07, 6.45) is -4.05. The van der Waals surface area contributed by atoms with Crippen LogP contribution in [0.25, 0.3) is 0 Å². The minimum absolute atomic E-state index is 0.0277. The molecule has 0 radical (unpaired) electrons. The average Bonchev–Trinajstić information content (AvgIpc) is 2.31. The molecule has 0 aliphatic rings. The summed E-state index contributed by atoms with van der Waals surface area (Å²) in [5.41, 5.74) is -0.331. The molecule has 2 unspecified atom stereocenters. The smallest absolute Gasteiger partial charge is 0.258 e. The van der Waals surface area contributed by atoms with E-state index in [2.05, 4.69) is 4.98 Å². The summed E-state index contributed by atoms with van der Waals surface area (Å²) in [6, 6.07) is 1.03. The molecule has 0 saturated carbocycles. The highest BCUT2D eigenvalue weighted by Crippen LogP contribution is 2.23. The molecule has 0 aromatic carbocycles. The molecule has 8 heteroatoms. The van der Waals surface area contributed by atoms with Gasteiger partial charge in [0.05, 0.1) is 11.6 Å². The summed E-state index contributed by atoms with van der Waals surface area (Å²) < 4.78 is 38.3. The largest absolute Gasteiger partial charge is 0.287 e. The number of nitrogens with zero attached hydrogens (tertiary/aromatic N) is 2. The molecular formula is C10H10ClF3N2O2. The van der Waals surface area contributed by atoms with Crippen LogP contribution >= 0.6 is 11.6 Å². The van der Waals surface area contributed by atoms with Crippen LogP contribution in [0.5, 0.6) is 0 Å². The van der Waals surface area contributed by atoms with Crippen LogP contribution in [0.3, 0.4) is 0 Å². The maximum atomic E-state index is 13.4. The van der Waals surface area contributed by atoms with Gasteiger partial charge in [-0.1, -0.05) is 11.6 Å². The Morgan fingerprint density at radius 3 is 2.67 bits per heavy atom. The number of rotatable bonds is 6. The quantitative estimate of drug-likeness (QED) is 0.457. The fraction of sp³-hybridized carbons (Fsp3) is 0.500. The topological polar surface area (TPSA) is 56.0 Å². The lowest BCUT2D eigenvalue weighted by molar-refractivity contribution is -0.385. The van der Waals surface area contributed by atoms with Crippen LogP contribution in [-0.2, 0) is 6.42 Å². The van der Waals surface area contributed by atoms with Crippen LogP contribution in [-0.4, -0.2) is 28.9 Å². The molecule has 0 aliphatic heterocycles. The Balaban J connectivity index is 2.83. The molecule has 1 aromatic heterocycles. The van der Waals surface area contributed by atoms with Crippen LogP contribution in [0, 0.1) is 10.1 Å². The van der Waals surface area contributed by atoms with Crippen molar-refractivity contribution in [2.75, 3.05) is 6.67 Å². The zero-order valence-corrected chi connectivity index (χ0v) is 9.91. The molecule has 0 fully saturated rings. The van der Waals surface area contributed by atoms with Gasteiger partial charge in [-0.15, -0.1) is 0 Å². The highest BCUT2D eigenvalue weighted by molar-refractivity contribution is 6.30. The lowest BCUT2D eigenvalue weighted by Crippen LogP contribution is -2.20. The van der Waals surface area contributed by atoms with Gasteiger partial charge in [0.2, 0.25) is 0 Å². The van der Waals surface area contributed by atoms with E-state index in [-0.39, 0.29) is 16.4 Å². The standard InChI is InChI=1S/C10H10ClF3N2O2/c11-10-6(3-7(5-15-10)16(17)18)4-9(14)8(13)1-2-12/h3,5,8-9H,1-2,4H2. The van der Waals surface area contributed by atoms with E-state index in [1.807, 2.05) is 0 Å². The normalized spacial score (nSPS) is 14.2. The van der Waals surface area contributed by atoms with Gasteiger partial charge in [-0.2, -0.15) is 0 Å². The van der Waals surface area contributed by atoms with Gasteiger partial charge in [0.15, 0.2) is 0 Å². The van der Waals surface area contributed by atoms with Gasteiger partial charge >= 0.3 is 0 Å². The van der Waals surface area contributed by atoms with E-state index >= 15 is 0 Å². The molecule has 0 N–H and O–H groups in total. The zero-order valence-electron chi connectivity index (χ0n) is 9.15. The van der Waals surface area contributed by atoms with Crippen LogP contribution in [0.2, 0.25) is 5.15 Å². The van der Waals surface area contributed by atoms with E-state index in [1.165, 1.54) is 0 Å².